The minimum atomic E-state index is 0.637. The van der Waals surface area contributed by atoms with Gasteiger partial charge in [-0.1, -0.05) is 0 Å². The molecule has 9 heavy (non-hydrogen) atoms. The van der Waals surface area contributed by atoms with E-state index < -0.39 is 0 Å². The van der Waals surface area contributed by atoms with Crippen molar-refractivity contribution in [2.75, 3.05) is 0 Å². The number of hydrogen-bond donors (Lipinski definition) is 0. The first kappa shape index (κ1) is 5.83. The van der Waals surface area contributed by atoms with Crippen LogP contribution in [0.2, 0.25) is 0 Å². The molecule has 0 saturated carbocycles. The average molecular weight is 121 g/mol. The van der Waals surface area contributed by atoms with Gasteiger partial charge in [0.05, 0.1) is 12.3 Å². The molecule has 1 aromatic heterocycles. The maximum atomic E-state index is 6.67. The zero-order valence-electron chi connectivity index (χ0n) is 5.42. The highest BCUT2D eigenvalue weighted by Crippen LogP contribution is 2.14. The molecule has 0 aliphatic heterocycles. The van der Waals surface area contributed by atoms with E-state index in [9.17, 15) is 0 Å². The fourth-order valence-electron chi connectivity index (χ4n) is 0.697. The number of rotatable bonds is 0. The predicted molar refractivity (Wildman–Crippen MR) is 34.2 cm³/mol. The molecule has 0 unspecified atom stereocenters. The van der Waals surface area contributed by atoms with Crippen LogP contribution in [0, 0.1) is 13.5 Å². The summed E-state index contributed by atoms with van der Waals surface area (Å²) in [5.41, 5.74) is 1.44. The van der Waals surface area contributed by atoms with Crippen molar-refractivity contribution < 1.29 is 0 Å². The summed E-state index contributed by atoms with van der Waals surface area (Å²) in [5, 5.41) is 3.98. The summed E-state index contributed by atoms with van der Waals surface area (Å²) in [6.07, 6.45) is 1.71. The van der Waals surface area contributed by atoms with Gasteiger partial charge < -0.3 is 0 Å². The van der Waals surface area contributed by atoms with Gasteiger partial charge in [0, 0.05) is 13.2 Å². The Balaban J connectivity index is 3.20. The molecule has 0 bridgehead atoms. The van der Waals surface area contributed by atoms with Crippen LogP contribution in [-0.4, -0.2) is 9.78 Å². The second-order valence-corrected chi connectivity index (χ2v) is 1.89. The van der Waals surface area contributed by atoms with Crippen LogP contribution in [0.4, 0.5) is 5.69 Å². The second kappa shape index (κ2) is 1.90. The van der Waals surface area contributed by atoms with Crippen LogP contribution >= 0.6 is 0 Å². The van der Waals surface area contributed by atoms with Crippen molar-refractivity contribution in [2.24, 2.45) is 7.05 Å². The molecule has 0 aliphatic rings. The Kier molecular flexibility index (Phi) is 1.23. The highest BCUT2D eigenvalue weighted by atomic mass is 15.3. The summed E-state index contributed by atoms with van der Waals surface area (Å²) in [6, 6.07) is 0. The lowest BCUT2D eigenvalue weighted by Gasteiger charge is -1.80. The average Bonchev–Trinajstić information content (AvgIpc) is 2.10. The molecular weight excluding hydrogens is 114 g/mol. The van der Waals surface area contributed by atoms with Gasteiger partial charge in [-0.2, -0.15) is 5.10 Å². The Labute approximate surface area is 53.7 Å². The van der Waals surface area contributed by atoms with Crippen molar-refractivity contribution in [3.63, 3.8) is 0 Å². The monoisotopic (exact) mass is 121 g/mol. The molecule has 0 spiro atoms. The van der Waals surface area contributed by atoms with Crippen LogP contribution in [0.25, 0.3) is 4.85 Å². The van der Waals surface area contributed by atoms with Gasteiger partial charge in [0.2, 0.25) is 5.69 Å². The molecule has 0 aliphatic carbocycles. The predicted octanol–water partition coefficient (Wildman–Crippen LogP) is 1.28. The number of aromatic nitrogens is 2. The summed E-state index contributed by atoms with van der Waals surface area (Å²) in [4.78, 5) is 3.26. The summed E-state index contributed by atoms with van der Waals surface area (Å²) < 4.78 is 1.64. The first-order valence-corrected chi connectivity index (χ1v) is 2.61. The van der Waals surface area contributed by atoms with E-state index in [1.807, 2.05) is 14.0 Å². The molecule has 0 fully saturated rings. The van der Waals surface area contributed by atoms with Crippen LogP contribution in [-0.2, 0) is 7.05 Å². The molecule has 3 nitrogen and oxygen atoms in total. The topological polar surface area (TPSA) is 22.2 Å². The van der Waals surface area contributed by atoms with Crippen LogP contribution < -0.4 is 0 Å². The summed E-state index contributed by atoms with van der Waals surface area (Å²) in [7, 11) is 1.81. The van der Waals surface area contributed by atoms with Crippen LogP contribution in [0.3, 0.4) is 0 Å². The molecule has 0 amide bonds. The fraction of sp³-hybridized carbons (Fsp3) is 0.333. The lowest BCUT2D eigenvalue weighted by atomic mass is 10.4. The molecule has 1 rings (SSSR count). The molecule has 3 heteroatoms. The lowest BCUT2D eigenvalue weighted by molar-refractivity contribution is 0.756. The second-order valence-electron chi connectivity index (χ2n) is 1.89. The zero-order chi connectivity index (χ0) is 6.85. The lowest BCUT2D eigenvalue weighted by Crippen LogP contribution is -1.86. The number of aryl methyl sites for hydroxylation is 2. The maximum Gasteiger partial charge on any atom is 0.227 e. The minimum absolute atomic E-state index is 0.637. The summed E-state index contributed by atoms with van der Waals surface area (Å²) in [5.74, 6) is 0. The standard InChI is InChI=1S/C6H7N3/c1-5-6(7-2)4-9(3)8-5/h4H,1,3H3. The molecule has 0 aromatic carbocycles. The largest absolute Gasteiger partial charge is 0.287 e. The summed E-state index contributed by atoms with van der Waals surface area (Å²) >= 11 is 0. The van der Waals surface area contributed by atoms with Gasteiger partial charge in [0.1, 0.15) is 0 Å². The number of hydrogen-bond acceptors (Lipinski definition) is 1. The fourth-order valence-corrected chi connectivity index (χ4v) is 0.697. The third kappa shape index (κ3) is 0.918. The van der Waals surface area contributed by atoms with Gasteiger partial charge in [-0.3, -0.25) is 4.68 Å². The van der Waals surface area contributed by atoms with Crippen molar-refractivity contribution in [3.05, 3.63) is 23.3 Å². The maximum absolute atomic E-state index is 6.67. The normalized spacial score (nSPS) is 9.00. The van der Waals surface area contributed by atoms with Crippen molar-refractivity contribution in [1.29, 1.82) is 0 Å². The minimum Gasteiger partial charge on any atom is -0.287 e. The van der Waals surface area contributed by atoms with Gasteiger partial charge in [-0.05, 0) is 6.92 Å². The van der Waals surface area contributed by atoms with Gasteiger partial charge >= 0.3 is 0 Å². The van der Waals surface area contributed by atoms with Crippen LogP contribution in [0.5, 0.6) is 0 Å². The van der Waals surface area contributed by atoms with Gasteiger partial charge in [0.25, 0.3) is 0 Å². The SMILES string of the molecule is [C-]#[N+]c1cn(C)nc1C. The van der Waals surface area contributed by atoms with Crippen LogP contribution in [0.1, 0.15) is 5.69 Å². The van der Waals surface area contributed by atoms with Crippen molar-refractivity contribution in [2.45, 2.75) is 6.92 Å². The van der Waals surface area contributed by atoms with E-state index in [1.54, 1.807) is 10.9 Å². The van der Waals surface area contributed by atoms with E-state index in [0.29, 0.717) is 5.69 Å². The zero-order valence-corrected chi connectivity index (χ0v) is 5.42. The van der Waals surface area contributed by atoms with Crippen molar-refractivity contribution >= 4 is 5.69 Å². The van der Waals surface area contributed by atoms with E-state index in [1.165, 1.54) is 0 Å². The van der Waals surface area contributed by atoms with Gasteiger partial charge in [-0.15, -0.1) is 0 Å². The Hall–Kier alpha value is -1.30. The van der Waals surface area contributed by atoms with E-state index in [-0.39, 0.29) is 0 Å². The Morgan fingerprint density at radius 2 is 2.44 bits per heavy atom. The van der Waals surface area contributed by atoms with Crippen LogP contribution in [0.15, 0.2) is 6.20 Å². The summed E-state index contributed by atoms with van der Waals surface area (Å²) in [6.45, 7) is 8.50. The molecule has 1 heterocycles. The molecule has 0 atom stereocenters. The van der Waals surface area contributed by atoms with Gasteiger partial charge in [0.15, 0.2) is 0 Å². The van der Waals surface area contributed by atoms with Crippen molar-refractivity contribution in [3.8, 4) is 0 Å². The molecule has 0 N–H and O–H groups in total. The third-order valence-electron chi connectivity index (χ3n) is 1.11. The molecule has 0 radical (unpaired) electrons. The molecular formula is C6H7N3. The number of nitrogens with zero attached hydrogens (tertiary/aromatic N) is 3. The Morgan fingerprint density at radius 1 is 1.78 bits per heavy atom. The molecule has 0 saturated heterocycles. The molecule has 1 aromatic rings. The van der Waals surface area contributed by atoms with E-state index in [2.05, 4.69) is 9.94 Å². The highest BCUT2D eigenvalue weighted by Gasteiger charge is 1.98. The van der Waals surface area contributed by atoms with E-state index in [0.717, 1.165) is 5.69 Å². The molecule has 46 valence electrons. The van der Waals surface area contributed by atoms with E-state index >= 15 is 0 Å². The Bertz CT molecular complexity index is 254. The van der Waals surface area contributed by atoms with Gasteiger partial charge in [-0.25, -0.2) is 4.85 Å². The Morgan fingerprint density at radius 3 is 2.67 bits per heavy atom. The van der Waals surface area contributed by atoms with E-state index in [4.69, 9.17) is 6.57 Å². The quantitative estimate of drug-likeness (QED) is 0.474. The highest BCUT2D eigenvalue weighted by molar-refractivity contribution is 5.46. The smallest absolute Gasteiger partial charge is 0.227 e. The van der Waals surface area contributed by atoms with Crippen molar-refractivity contribution in [1.82, 2.24) is 9.78 Å². The first-order chi connectivity index (χ1) is 4.24. The first-order valence-electron chi connectivity index (χ1n) is 2.61. The third-order valence-corrected chi connectivity index (χ3v) is 1.11.